The van der Waals surface area contributed by atoms with E-state index >= 15 is 0 Å². The maximum atomic E-state index is 8.60. The molecule has 2 unspecified atom stereocenters. The molecule has 3 N–H and O–H groups in total. The maximum Gasteiger partial charge on any atom is 0.143 e. The Morgan fingerprint density at radius 1 is 1.69 bits per heavy atom. The van der Waals surface area contributed by atoms with Gasteiger partial charge in [-0.25, -0.2) is 0 Å². The summed E-state index contributed by atoms with van der Waals surface area (Å²) in [6.45, 7) is 8.73. The fourth-order valence-corrected chi connectivity index (χ4v) is 2.00. The summed E-state index contributed by atoms with van der Waals surface area (Å²) < 4.78 is 5.36. The highest BCUT2D eigenvalue weighted by molar-refractivity contribution is 5.82. The zero-order valence-corrected chi connectivity index (χ0v) is 10.2. The van der Waals surface area contributed by atoms with Crippen LogP contribution in [0.25, 0.3) is 0 Å². The van der Waals surface area contributed by atoms with E-state index in [2.05, 4.69) is 17.0 Å². The number of hydrogen-bond donors (Lipinski definition) is 2. The first-order valence-corrected chi connectivity index (χ1v) is 5.94. The van der Waals surface area contributed by atoms with Crippen LogP contribution in [-0.4, -0.2) is 48.8 Å². The topological polar surface area (TPSA) is 71.1 Å². The molecule has 1 fully saturated rings. The number of amidine groups is 1. The lowest BCUT2D eigenvalue weighted by atomic mass is 10.1. The van der Waals surface area contributed by atoms with Crippen molar-refractivity contribution in [1.82, 2.24) is 4.90 Å². The molecular formula is C11H23N3O2. The minimum Gasteiger partial charge on any atom is -0.409 e. The summed E-state index contributed by atoms with van der Waals surface area (Å²) in [7, 11) is 0. The fraction of sp³-hybridized carbons (Fsp3) is 0.909. The van der Waals surface area contributed by atoms with Crippen LogP contribution in [0.15, 0.2) is 5.16 Å². The molecule has 0 amide bonds. The molecule has 94 valence electrons. The summed E-state index contributed by atoms with van der Waals surface area (Å²) in [6.07, 6.45) is 1.15. The lowest BCUT2D eigenvalue weighted by Crippen LogP contribution is -2.37. The summed E-state index contributed by atoms with van der Waals surface area (Å²) in [4.78, 5) is 2.34. The van der Waals surface area contributed by atoms with Crippen LogP contribution in [0.5, 0.6) is 0 Å². The molecule has 2 atom stereocenters. The third kappa shape index (κ3) is 3.98. The normalized spacial score (nSPS) is 23.9. The first-order valence-electron chi connectivity index (χ1n) is 5.94. The van der Waals surface area contributed by atoms with Gasteiger partial charge in [-0.15, -0.1) is 0 Å². The molecule has 5 nitrogen and oxygen atoms in total. The lowest BCUT2D eigenvalue weighted by Gasteiger charge is -2.25. The molecule has 0 spiro atoms. The van der Waals surface area contributed by atoms with Crippen LogP contribution in [0.4, 0.5) is 0 Å². The summed E-state index contributed by atoms with van der Waals surface area (Å²) in [6, 6.07) is 0. The Hall–Kier alpha value is -0.810. The van der Waals surface area contributed by atoms with E-state index in [1.165, 1.54) is 0 Å². The molecule has 0 aromatic heterocycles. The Kier molecular flexibility index (Phi) is 5.55. The van der Waals surface area contributed by atoms with Gasteiger partial charge in [0.05, 0.1) is 6.61 Å². The predicted molar refractivity (Wildman–Crippen MR) is 63.6 cm³/mol. The van der Waals surface area contributed by atoms with Gasteiger partial charge in [-0.05, 0) is 18.9 Å². The average Bonchev–Trinajstić information content (AvgIpc) is 2.79. The summed E-state index contributed by atoms with van der Waals surface area (Å²) >= 11 is 0. The molecule has 0 bridgehead atoms. The highest BCUT2D eigenvalue weighted by Gasteiger charge is 2.20. The minimum absolute atomic E-state index is 0.0901. The molecule has 16 heavy (non-hydrogen) atoms. The van der Waals surface area contributed by atoms with Gasteiger partial charge in [0.1, 0.15) is 5.84 Å². The van der Waals surface area contributed by atoms with Gasteiger partial charge in [0, 0.05) is 25.6 Å². The molecule has 0 saturated carbocycles. The van der Waals surface area contributed by atoms with Gasteiger partial charge in [0.25, 0.3) is 0 Å². The Morgan fingerprint density at radius 3 is 2.94 bits per heavy atom. The van der Waals surface area contributed by atoms with E-state index in [1.54, 1.807) is 0 Å². The van der Waals surface area contributed by atoms with Crippen LogP contribution in [0.2, 0.25) is 0 Å². The Bertz CT molecular complexity index is 227. The molecule has 5 heteroatoms. The Balaban J connectivity index is 2.35. The molecule has 1 aliphatic heterocycles. The number of oxime groups is 1. The van der Waals surface area contributed by atoms with Crippen LogP contribution in [-0.2, 0) is 4.74 Å². The van der Waals surface area contributed by atoms with Crippen molar-refractivity contribution < 1.29 is 9.94 Å². The predicted octanol–water partition coefficient (Wildman–Crippen LogP) is 0.727. The van der Waals surface area contributed by atoms with Crippen LogP contribution in [0, 0.1) is 11.8 Å². The van der Waals surface area contributed by atoms with Gasteiger partial charge >= 0.3 is 0 Å². The molecule has 0 radical (unpaired) electrons. The summed E-state index contributed by atoms with van der Waals surface area (Å²) in [5.41, 5.74) is 5.58. The molecule has 1 heterocycles. The van der Waals surface area contributed by atoms with Crippen LogP contribution >= 0.6 is 0 Å². The van der Waals surface area contributed by atoms with E-state index in [1.807, 2.05) is 6.92 Å². The maximum absolute atomic E-state index is 8.60. The highest BCUT2D eigenvalue weighted by Crippen LogP contribution is 2.14. The second kappa shape index (κ2) is 6.70. The standard InChI is InChI=1S/C11H23N3O2/c1-3-14(6-9(2)11(12)13-15)7-10-4-5-16-8-10/h9-10,15H,3-8H2,1-2H3,(H2,12,13). The quantitative estimate of drug-likeness (QED) is 0.305. The zero-order chi connectivity index (χ0) is 12.0. The van der Waals surface area contributed by atoms with Gasteiger partial charge in [0.15, 0.2) is 0 Å². The van der Waals surface area contributed by atoms with Crippen LogP contribution in [0.3, 0.4) is 0 Å². The van der Waals surface area contributed by atoms with E-state index in [4.69, 9.17) is 15.7 Å². The van der Waals surface area contributed by atoms with E-state index in [0.717, 1.165) is 39.3 Å². The number of rotatable bonds is 6. The Morgan fingerprint density at radius 2 is 2.44 bits per heavy atom. The second-order valence-electron chi connectivity index (χ2n) is 4.51. The van der Waals surface area contributed by atoms with Crippen molar-refractivity contribution in [2.24, 2.45) is 22.7 Å². The molecule has 1 aliphatic rings. The van der Waals surface area contributed by atoms with Gasteiger partial charge in [-0.2, -0.15) is 0 Å². The van der Waals surface area contributed by atoms with Crippen LogP contribution in [0.1, 0.15) is 20.3 Å². The first-order chi connectivity index (χ1) is 7.67. The van der Waals surface area contributed by atoms with Crippen molar-refractivity contribution in [1.29, 1.82) is 0 Å². The molecule has 1 rings (SSSR count). The summed E-state index contributed by atoms with van der Waals surface area (Å²) in [5.74, 6) is 1.04. The van der Waals surface area contributed by atoms with E-state index < -0.39 is 0 Å². The van der Waals surface area contributed by atoms with Gasteiger partial charge in [-0.3, -0.25) is 0 Å². The molecular weight excluding hydrogens is 206 g/mol. The van der Waals surface area contributed by atoms with Gasteiger partial charge < -0.3 is 20.6 Å². The first kappa shape index (κ1) is 13.3. The van der Waals surface area contributed by atoms with Crippen molar-refractivity contribution in [2.45, 2.75) is 20.3 Å². The fourth-order valence-electron chi connectivity index (χ4n) is 2.00. The smallest absolute Gasteiger partial charge is 0.143 e. The van der Waals surface area contributed by atoms with Gasteiger partial charge in [-0.1, -0.05) is 19.0 Å². The third-order valence-electron chi connectivity index (χ3n) is 3.14. The minimum atomic E-state index is 0.0901. The highest BCUT2D eigenvalue weighted by atomic mass is 16.5. The van der Waals surface area contributed by atoms with Crippen molar-refractivity contribution in [3.63, 3.8) is 0 Å². The number of hydrogen-bond acceptors (Lipinski definition) is 4. The molecule has 0 aromatic carbocycles. The average molecular weight is 229 g/mol. The third-order valence-corrected chi connectivity index (χ3v) is 3.14. The van der Waals surface area contributed by atoms with Crippen molar-refractivity contribution in [3.8, 4) is 0 Å². The number of nitrogens with zero attached hydrogens (tertiary/aromatic N) is 2. The van der Waals surface area contributed by atoms with Crippen molar-refractivity contribution >= 4 is 5.84 Å². The number of nitrogens with two attached hydrogens (primary N) is 1. The van der Waals surface area contributed by atoms with Crippen molar-refractivity contribution in [2.75, 3.05) is 32.8 Å². The van der Waals surface area contributed by atoms with Crippen LogP contribution < -0.4 is 5.73 Å². The summed E-state index contributed by atoms with van der Waals surface area (Å²) in [5, 5.41) is 11.7. The Labute approximate surface area is 97.2 Å². The second-order valence-corrected chi connectivity index (χ2v) is 4.51. The lowest BCUT2D eigenvalue weighted by molar-refractivity contribution is 0.166. The molecule has 1 saturated heterocycles. The van der Waals surface area contributed by atoms with E-state index in [-0.39, 0.29) is 5.92 Å². The number of ether oxygens (including phenoxy) is 1. The molecule has 0 aliphatic carbocycles. The largest absolute Gasteiger partial charge is 0.409 e. The zero-order valence-electron chi connectivity index (χ0n) is 10.2. The van der Waals surface area contributed by atoms with E-state index in [0.29, 0.717) is 11.8 Å². The molecule has 0 aromatic rings. The SMILES string of the molecule is CCN(CC1CCOC1)CC(C)C(N)=NO. The van der Waals surface area contributed by atoms with Gasteiger partial charge in [0.2, 0.25) is 0 Å². The monoisotopic (exact) mass is 229 g/mol. The van der Waals surface area contributed by atoms with E-state index in [9.17, 15) is 0 Å². The van der Waals surface area contributed by atoms with Crippen molar-refractivity contribution in [3.05, 3.63) is 0 Å².